The normalized spacial score (nSPS) is 17.4. The molecule has 68 valence electrons. The largest absolute Gasteiger partial charge is 0.369 e. The van der Waals surface area contributed by atoms with Crippen LogP contribution in [0.3, 0.4) is 0 Å². The number of hydrogen-bond acceptors (Lipinski definition) is 2. The minimum atomic E-state index is 0.588. The van der Waals surface area contributed by atoms with Crippen LogP contribution in [0.1, 0.15) is 19.8 Å². The first-order valence-corrected chi connectivity index (χ1v) is 4.69. The van der Waals surface area contributed by atoms with E-state index in [0.717, 1.165) is 13.2 Å². The molecular formula is C10H17NO. The fourth-order valence-electron chi connectivity index (χ4n) is 1.31. The van der Waals surface area contributed by atoms with Gasteiger partial charge in [0.15, 0.2) is 0 Å². The van der Waals surface area contributed by atoms with E-state index in [1.165, 1.54) is 25.9 Å². The molecule has 0 N–H and O–H groups in total. The summed E-state index contributed by atoms with van der Waals surface area (Å²) in [5.74, 6) is 6.11. The smallest absolute Gasteiger partial charge is 0.107 e. The standard InChI is InChI=1S/C10H17NO/c1-2-12-10-6-5-9-11-7-3-4-8-11/h2-4,7-10H2,1H3. The third kappa shape index (κ3) is 3.75. The molecule has 0 spiro atoms. The van der Waals surface area contributed by atoms with Gasteiger partial charge in [0, 0.05) is 6.61 Å². The highest BCUT2D eigenvalue weighted by molar-refractivity contribution is 5.01. The molecule has 0 aliphatic carbocycles. The first kappa shape index (κ1) is 9.57. The molecule has 0 aromatic carbocycles. The van der Waals surface area contributed by atoms with E-state index in [9.17, 15) is 0 Å². The maximum absolute atomic E-state index is 5.11. The monoisotopic (exact) mass is 167 g/mol. The highest BCUT2D eigenvalue weighted by Crippen LogP contribution is 2.05. The summed E-state index contributed by atoms with van der Waals surface area (Å²) in [7, 11) is 0. The molecule has 0 saturated carbocycles. The molecule has 1 heterocycles. The summed E-state index contributed by atoms with van der Waals surface area (Å²) in [6.07, 6.45) is 2.68. The van der Waals surface area contributed by atoms with Crippen LogP contribution in [0.15, 0.2) is 0 Å². The highest BCUT2D eigenvalue weighted by Gasteiger charge is 2.08. The molecule has 0 aromatic heterocycles. The molecule has 0 atom stereocenters. The quantitative estimate of drug-likeness (QED) is 0.461. The van der Waals surface area contributed by atoms with Crippen molar-refractivity contribution in [1.29, 1.82) is 0 Å². The third-order valence-electron chi connectivity index (χ3n) is 2.00. The molecule has 0 bridgehead atoms. The van der Waals surface area contributed by atoms with Crippen molar-refractivity contribution in [3.05, 3.63) is 0 Å². The Balaban J connectivity index is 2.01. The minimum Gasteiger partial charge on any atom is -0.369 e. The second-order valence-electron chi connectivity index (χ2n) is 2.97. The Morgan fingerprint density at radius 3 is 2.67 bits per heavy atom. The highest BCUT2D eigenvalue weighted by atomic mass is 16.5. The SMILES string of the molecule is CCOCC#CCN1CCCC1. The zero-order valence-corrected chi connectivity index (χ0v) is 7.81. The number of hydrogen-bond donors (Lipinski definition) is 0. The first-order chi connectivity index (χ1) is 5.93. The van der Waals surface area contributed by atoms with E-state index in [1.807, 2.05) is 6.92 Å². The molecule has 1 rings (SSSR count). The summed E-state index contributed by atoms with van der Waals surface area (Å²) in [6, 6.07) is 0. The number of ether oxygens (including phenoxy) is 1. The average Bonchev–Trinajstić information content (AvgIpc) is 2.57. The Labute approximate surface area is 74.9 Å². The molecule has 1 aliphatic heterocycles. The summed E-state index contributed by atoms with van der Waals surface area (Å²) >= 11 is 0. The van der Waals surface area contributed by atoms with Gasteiger partial charge in [-0.25, -0.2) is 0 Å². The van der Waals surface area contributed by atoms with E-state index in [-0.39, 0.29) is 0 Å². The molecule has 0 aromatic rings. The molecule has 12 heavy (non-hydrogen) atoms. The van der Waals surface area contributed by atoms with Gasteiger partial charge in [-0.05, 0) is 32.9 Å². The predicted octanol–water partition coefficient (Wildman–Crippen LogP) is 1.12. The Hall–Kier alpha value is -0.520. The lowest BCUT2D eigenvalue weighted by Gasteiger charge is -2.08. The third-order valence-corrected chi connectivity index (χ3v) is 2.00. The van der Waals surface area contributed by atoms with Gasteiger partial charge in [0.2, 0.25) is 0 Å². The number of likely N-dealkylation sites (tertiary alicyclic amines) is 1. The van der Waals surface area contributed by atoms with Crippen molar-refractivity contribution in [2.75, 3.05) is 32.8 Å². The van der Waals surface area contributed by atoms with Crippen LogP contribution in [0.4, 0.5) is 0 Å². The molecule has 0 amide bonds. The van der Waals surface area contributed by atoms with Crippen molar-refractivity contribution in [3.8, 4) is 11.8 Å². The van der Waals surface area contributed by atoms with Crippen LogP contribution in [0.5, 0.6) is 0 Å². The number of rotatable bonds is 3. The summed E-state index contributed by atoms with van der Waals surface area (Å²) in [6.45, 7) is 6.71. The fourth-order valence-corrected chi connectivity index (χ4v) is 1.31. The van der Waals surface area contributed by atoms with Gasteiger partial charge in [0.1, 0.15) is 6.61 Å². The van der Waals surface area contributed by atoms with Crippen molar-refractivity contribution in [2.45, 2.75) is 19.8 Å². The molecule has 0 unspecified atom stereocenters. The Kier molecular flexibility index (Phi) is 4.82. The van der Waals surface area contributed by atoms with E-state index in [0.29, 0.717) is 6.61 Å². The molecule has 1 saturated heterocycles. The molecule has 2 heteroatoms. The van der Waals surface area contributed by atoms with Gasteiger partial charge in [0.05, 0.1) is 6.54 Å². The van der Waals surface area contributed by atoms with Crippen LogP contribution in [0, 0.1) is 11.8 Å². The number of nitrogens with zero attached hydrogens (tertiary/aromatic N) is 1. The average molecular weight is 167 g/mol. The fraction of sp³-hybridized carbons (Fsp3) is 0.800. The Bertz CT molecular complexity index is 162. The van der Waals surface area contributed by atoms with E-state index in [1.54, 1.807) is 0 Å². The lowest BCUT2D eigenvalue weighted by Crippen LogP contribution is -2.19. The molecule has 2 nitrogen and oxygen atoms in total. The molecular weight excluding hydrogens is 150 g/mol. The van der Waals surface area contributed by atoms with Gasteiger partial charge < -0.3 is 4.74 Å². The molecule has 1 fully saturated rings. The van der Waals surface area contributed by atoms with Crippen LogP contribution in [-0.2, 0) is 4.74 Å². The van der Waals surface area contributed by atoms with Crippen LogP contribution in [0.25, 0.3) is 0 Å². The maximum atomic E-state index is 5.11. The molecule has 0 radical (unpaired) electrons. The van der Waals surface area contributed by atoms with Gasteiger partial charge in [-0.2, -0.15) is 0 Å². The summed E-state index contributed by atoms with van der Waals surface area (Å²) < 4.78 is 5.11. The topological polar surface area (TPSA) is 12.5 Å². The second kappa shape index (κ2) is 6.05. The first-order valence-electron chi connectivity index (χ1n) is 4.69. The predicted molar refractivity (Wildman–Crippen MR) is 49.9 cm³/mol. The second-order valence-corrected chi connectivity index (χ2v) is 2.97. The van der Waals surface area contributed by atoms with Gasteiger partial charge in [0.25, 0.3) is 0 Å². The summed E-state index contributed by atoms with van der Waals surface area (Å²) in [5.41, 5.74) is 0. The lowest BCUT2D eigenvalue weighted by molar-refractivity contribution is 0.182. The molecule has 1 aliphatic rings. The van der Waals surface area contributed by atoms with E-state index in [2.05, 4.69) is 16.7 Å². The van der Waals surface area contributed by atoms with E-state index < -0.39 is 0 Å². The summed E-state index contributed by atoms with van der Waals surface area (Å²) in [5, 5.41) is 0. The van der Waals surface area contributed by atoms with Gasteiger partial charge in [-0.15, -0.1) is 0 Å². The van der Waals surface area contributed by atoms with Crippen LogP contribution in [0.2, 0.25) is 0 Å². The Morgan fingerprint density at radius 1 is 1.25 bits per heavy atom. The summed E-state index contributed by atoms with van der Waals surface area (Å²) in [4.78, 5) is 2.39. The van der Waals surface area contributed by atoms with Crippen molar-refractivity contribution in [2.24, 2.45) is 0 Å². The maximum Gasteiger partial charge on any atom is 0.107 e. The van der Waals surface area contributed by atoms with Crippen molar-refractivity contribution in [3.63, 3.8) is 0 Å². The van der Waals surface area contributed by atoms with Crippen molar-refractivity contribution in [1.82, 2.24) is 4.90 Å². The zero-order valence-electron chi connectivity index (χ0n) is 7.81. The van der Waals surface area contributed by atoms with Gasteiger partial charge >= 0.3 is 0 Å². The minimum absolute atomic E-state index is 0.588. The van der Waals surface area contributed by atoms with Crippen molar-refractivity contribution >= 4 is 0 Å². The van der Waals surface area contributed by atoms with Crippen LogP contribution >= 0.6 is 0 Å². The van der Waals surface area contributed by atoms with E-state index in [4.69, 9.17) is 4.74 Å². The van der Waals surface area contributed by atoms with Crippen LogP contribution < -0.4 is 0 Å². The Morgan fingerprint density at radius 2 is 2.00 bits per heavy atom. The van der Waals surface area contributed by atoms with Crippen LogP contribution in [-0.4, -0.2) is 37.7 Å². The zero-order chi connectivity index (χ0) is 8.65. The van der Waals surface area contributed by atoms with Gasteiger partial charge in [-0.1, -0.05) is 11.8 Å². The van der Waals surface area contributed by atoms with Crippen molar-refractivity contribution < 1.29 is 4.74 Å². The lowest BCUT2D eigenvalue weighted by atomic mass is 10.4. The van der Waals surface area contributed by atoms with Gasteiger partial charge in [-0.3, -0.25) is 4.90 Å². The van der Waals surface area contributed by atoms with E-state index >= 15 is 0 Å².